The Morgan fingerprint density at radius 3 is 2.67 bits per heavy atom. The highest BCUT2D eigenvalue weighted by atomic mass is 15.3. The van der Waals surface area contributed by atoms with Crippen LogP contribution in [0, 0.1) is 5.92 Å². The molecule has 18 heavy (non-hydrogen) atoms. The molecule has 2 rings (SSSR count). The van der Waals surface area contributed by atoms with E-state index in [0.29, 0.717) is 0 Å². The molecular formula is C14H26N4. The van der Waals surface area contributed by atoms with Gasteiger partial charge in [-0.15, -0.1) is 0 Å². The zero-order valence-electron chi connectivity index (χ0n) is 11.9. The second-order valence-corrected chi connectivity index (χ2v) is 6.49. The van der Waals surface area contributed by atoms with Crippen molar-refractivity contribution in [1.82, 2.24) is 20.1 Å². The third-order valence-electron chi connectivity index (χ3n) is 3.53. The van der Waals surface area contributed by atoms with Crippen LogP contribution in [-0.2, 0) is 13.1 Å². The number of aromatic nitrogens is 3. The average molecular weight is 250 g/mol. The lowest BCUT2D eigenvalue weighted by atomic mass is 9.89. The highest BCUT2D eigenvalue weighted by Crippen LogP contribution is 2.24. The Morgan fingerprint density at radius 2 is 2.00 bits per heavy atom. The summed E-state index contributed by atoms with van der Waals surface area (Å²) in [7, 11) is 0. The molecule has 0 spiro atoms. The van der Waals surface area contributed by atoms with Crippen LogP contribution in [0.2, 0.25) is 0 Å². The Morgan fingerprint density at radius 1 is 1.28 bits per heavy atom. The topological polar surface area (TPSA) is 42.7 Å². The van der Waals surface area contributed by atoms with Gasteiger partial charge in [0.25, 0.3) is 0 Å². The molecule has 1 aromatic heterocycles. The molecule has 0 radical (unpaired) electrons. The summed E-state index contributed by atoms with van der Waals surface area (Å²) in [6.07, 6.45) is 8.78. The first kappa shape index (κ1) is 13.5. The lowest BCUT2D eigenvalue weighted by molar-refractivity contribution is 0.307. The van der Waals surface area contributed by atoms with Crippen molar-refractivity contribution in [2.45, 2.75) is 71.5 Å². The summed E-state index contributed by atoms with van der Waals surface area (Å²) in [6.45, 7) is 8.27. The Balaban J connectivity index is 1.82. The van der Waals surface area contributed by atoms with Gasteiger partial charge in [0, 0.05) is 12.1 Å². The summed E-state index contributed by atoms with van der Waals surface area (Å²) in [5, 5.41) is 7.97. The van der Waals surface area contributed by atoms with Crippen LogP contribution >= 0.6 is 0 Å². The molecule has 1 aromatic rings. The van der Waals surface area contributed by atoms with Gasteiger partial charge < -0.3 is 5.32 Å². The van der Waals surface area contributed by atoms with Gasteiger partial charge in [0.1, 0.15) is 6.33 Å². The first-order chi connectivity index (χ1) is 8.53. The minimum atomic E-state index is 0.120. The molecule has 1 aliphatic rings. The van der Waals surface area contributed by atoms with E-state index in [4.69, 9.17) is 0 Å². The molecule has 0 amide bonds. The zero-order valence-corrected chi connectivity index (χ0v) is 11.9. The SMILES string of the molecule is CC(C)(C)NCc1ncn(CC2CCCCC2)n1. The number of nitrogens with one attached hydrogen (secondary N) is 1. The van der Waals surface area contributed by atoms with Gasteiger partial charge in [-0.3, -0.25) is 4.68 Å². The van der Waals surface area contributed by atoms with E-state index in [2.05, 4.69) is 36.2 Å². The van der Waals surface area contributed by atoms with Crippen molar-refractivity contribution >= 4 is 0 Å². The molecule has 0 aliphatic heterocycles. The zero-order chi connectivity index (χ0) is 13.0. The fourth-order valence-electron chi connectivity index (χ4n) is 2.48. The van der Waals surface area contributed by atoms with Crippen LogP contribution in [0.3, 0.4) is 0 Å². The maximum atomic E-state index is 4.55. The van der Waals surface area contributed by atoms with E-state index < -0.39 is 0 Å². The third kappa shape index (κ3) is 4.41. The van der Waals surface area contributed by atoms with Crippen LogP contribution in [0.4, 0.5) is 0 Å². The maximum Gasteiger partial charge on any atom is 0.164 e. The van der Waals surface area contributed by atoms with E-state index in [-0.39, 0.29) is 5.54 Å². The molecule has 1 heterocycles. The van der Waals surface area contributed by atoms with Crippen molar-refractivity contribution in [3.8, 4) is 0 Å². The molecule has 102 valence electrons. The van der Waals surface area contributed by atoms with Crippen molar-refractivity contribution < 1.29 is 0 Å². The fraction of sp³-hybridized carbons (Fsp3) is 0.857. The Hall–Kier alpha value is -0.900. The molecular weight excluding hydrogens is 224 g/mol. The standard InChI is InChI=1S/C14H26N4/c1-14(2,3)16-9-13-15-11-18(17-13)10-12-7-5-4-6-8-12/h11-12,16H,4-10H2,1-3H3. The predicted molar refractivity (Wildman–Crippen MR) is 73.2 cm³/mol. The van der Waals surface area contributed by atoms with Crippen molar-refractivity contribution in [1.29, 1.82) is 0 Å². The second-order valence-electron chi connectivity index (χ2n) is 6.49. The molecule has 0 bridgehead atoms. The summed E-state index contributed by atoms with van der Waals surface area (Å²) in [5.74, 6) is 1.71. The molecule has 4 nitrogen and oxygen atoms in total. The Kier molecular flexibility index (Phi) is 4.38. The minimum Gasteiger partial charge on any atom is -0.305 e. The smallest absolute Gasteiger partial charge is 0.164 e. The van der Waals surface area contributed by atoms with E-state index in [9.17, 15) is 0 Å². The first-order valence-electron chi connectivity index (χ1n) is 7.16. The van der Waals surface area contributed by atoms with Crippen LogP contribution in [-0.4, -0.2) is 20.3 Å². The highest BCUT2D eigenvalue weighted by molar-refractivity contribution is 4.84. The molecule has 4 heteroatoms. The summed E-state index contributed by atoms with van der Waals surface area (Å²) in [4.78, 5) is 4.37. The normalized spacial score (nSPS) is 18.2. The van der Waals surface area contributed by atoms with Crippen molar-refractivity contribution in [2.75, 3.05) is 0 Å². The first-order valence-corrected chi connectivity index (χ1v) is 7.16. The quantitative estimate of drug-likeness (QED) is 0.893. The van der Waals surface area contributed by atoms with Crippen LogP contribution in [0.5, 0.6) is 0 Å². The molecule has 0 atom stereocenters. The minimum absolute atomic E-state index is 0.120. The van der Waals surface area contributed by atoms with Crippen LogP contribution < -0.4 is 5.32 Å². The van der Waals surface area contributed by atoms with E-state index >= 15 is 0 Å². The van der Waals surface area contributed by atoms with Gasteiger partial charge in [-0.05, 0) is 39.5 Å². The molecule has 0 unspecified atom stereocenters. The number of rotatable bonds is 4. The summed E-state index contributed by atoms with van der Waals surface area (Å²) in [6, 6.07) is 0. The number of nitrogens with zero attached hydrogens (tertiary/aromatic N) is 3. The number of hydrogen-bond acceptors (Lipinski definition) is 3. The van der Waals surface area contributed by atoms with Crippen molar-refractivity contribution in [3.63, 3.8) is 0 Å². The number of hydrogen-bond donors (Lipinski definition) is 1. The van der Waals surface area contributed by atoms with Crippen LogP contribution in [0.1, 0.15) is 58.7 Å². The molecule has 1 N–H and O–H groups in total. The van der Waals surface area contributed by atoms with Crippen molar-refractivity contribution in [3.05, 3.63) is 12.2 Å². The van der Waals surface area contributed by atoms with E-state index in [0.717, 1.165) is 24.8 Å². The van der Waals surface area contributed by atoms with Gasteiger partial charge in [0.05, 0.1) is 6.54 Å². The van der Waals surface area contributed by atoms with Gasteiger partial charge >= 0.3 is 0 Å². The van der Waals surface area contributed by atoms with Gasteiger partial charge in [-0.25, -0.2) is 4.98 Å². The van der Waals surface area contributed by atoms with Gasteiger partial charge in [0.2, 0.25) is 0 Å². The van der Waals surface area contributed by atoms with Crippen molar-refractivity contribution in [2.24, 2.45) is 5.92 Å². The lowest BCUT2D eigenvalue weighted by Crippen LogP contribution is -2.35. The predicted octanol–water partition coefficient (Wildman–Crippen LogP) is 2.75. The van der Waals surface area contributed by atoms with E-state index in [1.807, 2.05) is 11.0 Å². The third-order valence-corrected chi connectivity index (χ3v) is 3.53. The fourth-order valence-corrected chi connectivity index (χ4v) is 2.48. The summed E-state index contributed by atoms with van der Waals surface area (Å²) < 4.78 is 2.02. The molecule has 1 fully saturated rings. The molecule has 1 saturated carbocycles. The van der Waals surface area contributed by atoms with Gasteiger partial charge in [-0.1, -0.05) is 19.3 Å². The molecule has 0 saturated heterocycles. The second kappa shape index (κ2) is 5.83. The van der Waals surface area contributed by atoms with Crippen LogP contribution in [0.25, 0.3) is 0 Å². The lowest BCUT2D eigenvalue weighted by Gasteiger charge is -2.21. The van der Waals surface area contributed by atoms with Gasteiger partial charge in [0.15, 0.2) is 5.82 Å². The monoisotopic (exact) mass is 250 g/mol. The highest BCUT2D eigenvalue weighted by Gasteiger charge is 2.15. The maximum absolute atomic E-state index is 4.55. The Bertz CT molecular complexity index is 358. The summed E-state index contributed by atoms with van der Waals surface area (Å²) >= 11 is 0. The Labute approximate surface area is 110 Å². The molecule has 0 aromatic carbocycles. The summed E-state index contributed by atoms with van der Waals surface area (Å²) in [5.41, 5.74) is 0.120. The van der Waals surface area contributed by atoms with Crippen LogP contribution in [0.15, 0.2) is 6.33 Å². The van der Waals surface area contributed by atoms with Gasteiger partial charge in [-0.2, -0.15) is 5.10 Å². The van der Waals surface area contributed by atoms with E-state index in [1.165, 1.54) is 32.1 Å². The molecule has 1 aliphatic carbocycles. The average Bonchev–Trinajstić information content (AvgIpc) is 2.75. The van der Waals surface area contributed by atoms with E-state index in [1.54, 1.807) is 0 Å². The largest absolute Gasteiger partial charge is 0.305 e.